The summed E-state index contributed by atoms with van der Waals surface area (Å²) in [6, 6.07) is 24.7. The highest BCUT2D eigenvalue weighted by molar-refractivity contribution is 5.92. The molecule has 1 amide bonds. The van der Waals surface area contributed by atoms with Crippen molar-refractivity contribution in [1.82, 2.24) is 15.5 Å². The third kappa shape index (κ3) is 4.87. The molecular formula is C23H19N3O3. The lowest BCUT2D eigenvalue weighted by atomic mass is 10.1. The summed E-state index contributed by atoms with van der Waals surface area (Å²) in [6.45, 7) is 0.758. The summed E-state index contributed by atoms with van der Waals surface area (Å²) in [6.07, 6.45) is 1.66. The Balaban J connectivity index is 1.34. The smallest absolute Gasteiger partial charge is 0.290 e. The predicted molar refractivity (Wildman–Crippen MR) is 108 cm³/mol. The molecule has 0 aliphatic heterocycles. The summed E-state index contributed by atoms with van der Waals surface area (Å²) in [5, 5.41) is 6.79. The van der Waals surface area contributed by atoms with Crippen LogP contribution in [-0.4, -0.2) is 16.0 Å². The van der Waals surface area contributed by atoms with Crippen molar-refractivity contribution in [3.63, 3.8) is 0 Å². The number of rotatable bonds is 7. The molecule has 0 aliphatic carbocycles. The van der Waals surface area contributed by atoms with Crippen molar-refractivity contribution < 1.29 is 14.1 Å². The summed E-state index contributed by atoms with van der Waals surface area (Å²) in [4.78, 5) is 16.6. The third-order valence-corrected chi connectivity index (χ3v) is 4.29. The Morgan fingerprint density at radius 1 is 0.931 bits per heavy atom. The summed E-state index contributed by atoms with van der Waals surface area (Å²) >= 11 is 0. The number of hydrogen-bond acceptors (Lipinski definition) is 5. The minimum atomic E-state index is -0.330. The zero-order chi connectivity index (χ0) is 19.9. The van der Waals surface area contributed by atoms with Crippen molar-refractivity contribution in [3.8, 4) is 17.1 Å². The molecule has 0 saturated carbocycles. The minimum absolute atomic E-state index is 0.165. The highest BCUT2D eigenvalue weighted by Gasteiger charge is 2.14. The molecule has 0 bridgehead atoms. The maximum Gasteiger partial charge on any atom is 0.290 e. The Hall–Kier alpha value is -3.93. The van der Waals surface area contributed by atoms with E-state index in [2.05, 4.69) is 15.5 Å². The number of pyridine rings is 1. The molecule has 2 heterocycles. The fourth-order valence-corrected chi connectivity index (χ4v) is 2.77. The van der Waals surface area contributed by atoms with Crippen LogP contribution in [0, 0.1) is 0 Å². The molecule has 6 nitrogen and oxygen atoms in total. The van der Waals surface area contributed by atoms with Gasteiger partial charge in [-0.05, 0) is 17.2 Å². The van der Waals surface area contributed by atoms with Crippen LogP contribution in [0.15, 0.2) is 89.6 Å². The van der Waals surface area contributed by atoms with Crippen molar-refractivity contribution in [3.05, 3.63) is 102 Å². The number of nitrogens with one attached hydrogen (secondary N) is 1. The topological polar surface area (TPSA) is 77.2 Å². The Morgan fingerprint density at radius 2 is 1.69 bits per heavy atom. The molecule has 0 unspecified atom stereocenters. The zero-order valence-electron chi connectivity index (χ0n) is 15.6. The summed E-state index contributed by atoms with van der Waals surface area (Å²) in [7, 11) is 0. The minimum Gasteiger partial charge on any atom is -0.473 e. The number of carbonyl (C=O) groups excluding carboxylic acids is 1. The van der Waals surface area contributed by atoms with Crippen LogP contribution in [0.4, 0.5) is 0 Å². The average Bonchev–Trinajstić information content (AvgIpc) is 3.28. The first-order chi connectivity index (χ1) is 14.3. The average molecular weight is 385 g/mol. The molecule has 0 atom stereocenters. The number of ether oxygens (including phenoxy) is 1. The highest BCUT2D eigenvalue weighted by Crippen LogP contribution is 2.18. The first-order valence-electron chi connectivity index (χ1n) is 9.20. The van der Waals surface area contributed by atoms with Gasteiger partial charge in [-0.25, -0.2) is 4.98 Å². The third-order valence-electron chi connectivity index (χ3n) is 4.29. The fourth-order valence-electron chi connectivity index (χ4n) is 2.77. The number of carbonyl (C=O) groups is 1. The van der Waals surface area contributed by atoms with Crippen molar-refractivity contribution in [2.24, 2.45) is 0 Å². The number of nitrogens with zero attached hydrogens (tertiary/aromatic N) is 2. The lowest BCUT2D eigenvalue weighted by Gasteiger charge is -2.07. The van der Waals surface area contributed by atoms with Crippen LogP contribution in [0.3, 0.4) is 0 Å². The molecule has 4 aromatic rings. The lowest BCUT2D eigenvalue weighted by Crippen LogP contribution is -2.22. The molecule has 29 heavy (non-hydrogen) atoms. The summed E-state index contributed by atoms with van der Waals surface area (Å²) in [5.74, 6) is 0.341. The number of aromatic nitrogens is 2. The van der Waals surface area contributed by atoms with Crippen molar-refractivity contribution in [2.75, 3.05) is 0 Å². The van der Waals surface area contributed by atoms with E-state index in [9.17, 15) is 4.79 Å². The molecule has 0 fully saturated rings. The first kappa shape index (κ1) is 18.4. The van der Waals surface area contributed by atoms with Crippen LogP contribution in [0.5, 0.6) is 5.88 Å². The summed E-state index contributed by atoms with van der Waals surface area (Å²) in [5.41, 5.74) is 3.45. The molecule has 6 heteroatoms. The van der Waals surface area contributed by atoms with E-state index in [1.165, 1.54) is 0 Å². The van der Waals surface area contributed by atoms with Crippen molar-refractivity contribution in [1.29, 1.82) is 0 Å². The van der Waals surface area contributed by atoms with Gasteiger partial charge in [0, 0.05) is 30.4 Å². The van der Waals surface area contributed by atoms with Crippen LogP contribution in [0.1, 0.15) is 21.7 Å². The Labute approximate surface area is 168 Å². The molecule has 1 N–H and O–H groups in total. The van der Waals surface area contributed by atoms with E-state index in [1.54, 1.807) is 18.3 Å². The van der Waals surface area contributed by atoms with Gasteiger partial charge in [-0.3, -0.25) is 4.79 Å². The van der Waals surface area contributed by atoms with Crippen LogP contribution in [-0.2, 0) is 13.2 Å². The van der Waals surface area contributed by atoms with Crippen LogP contribution >= 0.6 is 0 Å². The van der Waals surface area contributed by atoms with Gasteiger partial charge in [-0.15, -0.1) is 0 Å². The predicted octanol–water partition coefficient (Wildman–Crippen LogP) is 4.25. The first-order valence-corrected chi connectivity index (χ1v) is 9.20. The summed E-state index contributed by atoms with van der Waals surface area (Å²) < 4.78 is 10.9. The van der Waals surface area contributed by atoms with Gasteiger partial charge < -0.3 is 14.6 Å². The van der Waals surface area contributed by atoms with E-state index in [-0.39, 0.29) is 11.7 Å². The van der Waals surface area contributed by atoms with Gasteiger partial charge >= 0.3 is 0 Å². The molecule has 0 saturated heterocycles. The van der Waals surface area contributed by atoms with Gasteiger partial charge in [0.1, 0.15) is 12.3 Å². The second-order valence-electron chi connectivity index (χ2n) is 6.40. The quantitative estimate of drug-likeness (QED) is 0.515. The molecule has 2 aromatic carbocycles. The van der Waals surface area contributed by atoms with E-state index in [4.69, 9.17) is 9.26 Å². The lowest BCUT2D eigenvalue weighted by molar-refractivity contribution is 0.0914. The normalized spacial score (nSPS) is 10.5. The maximum absolute atomic E-state index is 12.4. The van der Waals surface area contributed by atoms with Gasteiger partial charge in [0.2, 0.25) is 11.6 Å². The number of amides is 1. The second kappa shape index (κ2) is 8.84. The Morgan fingerprint density at radius 3 is 2.48 bits per heavy atom. The molecular weight excluding hydrogens is 366 g/mol. The standard InChI is InChI=1S/C23H19N3O3/c27-23(21-14-20(26-29-21)19-9-5-2-6-10-19)25-15-18-11-12-24-22(13-18)28-16-17-7-3-1-4-8-17/h1-14H,15-16H2,(H,25,27). The zero-order valence-corrected chi connectivity index (χ0v) is 15.6. The highest BCUT2D eigenvalue weighted by atomic mass is 16.5. The van der Waals surface area contributed by atoms with Gasteiger partial charge in [0.15, 0.2) is 0 Å². The maximum atomic E-state index is 12.4. The van der Waals surface area contributed by atoms with Gasteiger partial charge in [0.05, 0.1) is 0 Å². The molecule has 144 valence electrons. The van der Waals surface area contributed by atoms with Crippen molar-refractivity contribution >= 4 is 5.91 Å². The van der Waals surface area contributed by atoms with E-state index < -0.39 is 0 Å². The van der Waals surface area contributed by atoms with E-state index in [0.29, 0.717) is 24.7 Å². The fraction of sp³-hybridized carbons (Fsp3) is 0.0870. The van der Waals surface area contributed by atoms with Crippen molar-refractivity contribution in [2.45, 2.75) is 13.2 Å². The number of hydrogen-bond donors (Lipinski definition) is 1. The molecule has 2 aromatic heterocycles. The molecule has 0 radical (unpaired) electrons. The van der Waals surface area contributed by atoms with Gasteiger partial charge in [-0.1, -0.05) is 65.8 Å². The molecule has 0 spiro atoms. The largest absolute Gasteiger partial charge is 0.473 e. The molecule has 4 rings (SSSR count). The van der Waals surface area contributed by atoms with Gasteiger partial charge in [-0.2, -0.15) is 0 Å². The van der Waals surface area contributed by atoms with Crippen LogP contribution in [0.25, 0.3) is 11.3 Å². The van der Waals surface area contributed by atoms with E-state index >= 15 is 0 Å². The van der Waals surface area contributed by atoms with E-state index in [1.807, 2.05) is 66.7 Å². The van der Waals surface area contributed by atoms with E-state index in [0.717, 1.165) is 16.7 Å². The SMILES string of the molecule is O=C(NCc1ccnc(OCc2ccccc2)c1)c1cc(-c2ccccc2)no1. The van der Waals surface area contributed by atoms with Crippen LogP contribution < -0.4 is 10.1 Å². The van der Waals surface area contributed by atoms with Gasteiger partial charge in [0.25, 0.3) is 5.91 Å². The second-order valence-corrected chi connectivity index (χ2v) is 6.40. The Bertz CT molecular complexity index is 1080. The Kier molecular flexibility index (Phi) is 5.62. The number of benzene rings is 2. The molecule has 0 aliphatic rings. The monoisotopic (exact) mass is 385 g/mol. The van der Waals surface area contributed by atoms with Crippen LogP contribution in [0.2, 0.25) is 0 Å².